The number of esters is 1. The minimum Gasteiger partial charge on any atom is -0.458 e. The summed E-state index contributed by atoms with van der Waals surface area (Å²) in [6.07, 6.45) is 2.37. The van der Waals surface area contributed by atoms with Crippen LogP contribution in [0.4, 0.5) is 0 Å². The summed E-state index contributed by atoms with van der Waals surface area (Å²) in [5.74, 6) is 0.385. The number of carbonyl (C=O) groups is 1. The zero-order valence-corrected chi connectivity index (χ0v) is 8.34. The molecule has 1 aliphatic rings. The third-order valence-corrected chi connectivity index (χ3v) is 3.37. The molecule has 2 nitrogen and oxygen atoms in total. The second-order valence-electron chi connectivity index (χ2n) is 3.48. The first kappa shape index (κ1) is 8.75. The zero-order valence-electron chi connectivity index (χ0n) is 7.53. The van der Waals surface area contributed by atoms with Crippen LogP contribution in [0.1, 0.15) is 29.4 Å². The minimum absolute atomic E-state index is 0.161. The molecule has 1 aliphatic carbocycles. The molecule has 0 N–H and O–H groups in total. The summed E-state index contributed by atoms with van der Waals surface area (Å²) in [7, 11) is 0. The lowest BCUT2D eigenvalue weighted by Gasteiger charge is -2.32. The van der Waals surface area contributed by atoms with Crippen molar-refractivity contribution in [2.45, 2.75) is 25.9 Å². The first-order valence-corrected chi connectivity index (χ1v) is 5.40. The summed E-state index contributed by atoms with van der Waals surface area (Å²) in [6, 6.07) is 3.67. The number of hydrogen-bond acceptors (Lipinski definition) is 3. The Morgan fingerprint density at radius 3 is 2.92 bits per heavy atom. The van der Waals surface area contributed by atoms with E-state index in [-0.39, 0.29) is 12.1 Å². The molecule has 1 fully saturated rings. The molecular formula is C10H12O2S. The van der Waals surface area contributed by atoms with Gasteiger partial charge in [-0.2, -0.15) is 0 Å². The second kappa shape index (κ2) is 3.50. The van der Waals surface area contributed by atoms with Gasteiger partial charge in [-0.3, -0.25) is 0 Å². The van der Waals surface area contributed by atoms with E-state index in [0.717, 1.165) is 6.42 Å². The van der Waals surface area contributed by atoms with E-state index in [2.05, 4.69) is 6.92 Å². The molecule has 1 heterocycles. The second-order valence-corrected chi connectivity index (χ2v) is 4.42. The predicted molar refractivity (Wildman–Crippen MR) is 51.9 cm³/mol. The topological polar surface area (TPSA) is 26.3 Å². The third-order valence-electron chi connectivity index (χ3n) is 2.52. The van der Waals surface area contributed by atoms with E-state index in [9.17, 15) is 4.79 Å². The predicted octanol–water partition coefficient (Wildman–Crippen LogP) is 2.70. The lowest BCUT2D eigenvalue weighted by molar-refractivity contribution is -0.0162. The first-order valence-electron chi connectivity index (χ1n) is 4.52. The maximum atomic E-state index is 11.4. The molecule has 0 bridgehead atoms. The average Bonchev–Trinajstić information content (AvgIpc) is 2.64. The van der Waals surface area contributed by atoms with Crippen molar-refractivity contribution in [3.05, 3.63) is 22.4 Å². The van der Waals surface area contributed by atoms with E-state index in [0.29, 0.717) is 10.8 Å². The molecule has 0 aliphatic heterocycles. The van der Waals surface area contributed by atoms with Crippen LogP contribution in [0, 0.1) is 5.92 Å². The largest absolute Gasteiger partial charge is 0.458 e. The quantitative estimate of drug-likeness (QED) is 0.680. The minimum atomic E-state index is -0.161. The van der Waals surface area contributed by atoms with Crippen LogP contribution in [-0.2, 0) is 4.74 Å². The molecule has 0 amide bonds. The van der Waals surface area contributed by atoms with Gasteiger partial charge in [0.05, 0.1) is 0 Å². The van der Waals surface area contributed by atoms with Crippen molar-refractivity contribution in [1.29, 1.82) is 0 Å². The van der Waals surface area contributed by atoms with Gasteiger partial charge < -0.3 is 4.74 Å². The summed E-state index contributed by atoms with van der Waals surface area (Å²) in [5.41, 5.74) is 0. The standard InChI is InChI=1S/C10H12O2S/c1-7-4-5-8(7)12-10(11)9-3-2-6-13-9/h2-3,6-8H,4-5H2,1H3/t7?,8-/m1/s1. The van der Waals surface area contributed by atoms with Crippen molar-refractivity contribution in [2.24, 2.45) is 5.92 Å². The van der Waals surface area contributed by atoms with Crippen molar-refractivity contribution < 1.29 is 9.53 Å². The van der Waals surface area contributed by atoms with Gasteiger partial charge in [0, 0.05) is 0 Å². The smallest absolute Gasteiger partial charge is 0.348 e. The highest BCUT2D eigenvalue weighted by Gasteiger charge is 2.30. The highest BCUT2D eigenvalue weighted by Crippen LogP contribution is 2.30. The van der Waals surface area contributed by atoms with Gasteiger partial charge >= 0.3 is 5.97 Å². The van der Waals surface area contributed by atoms with Crippen LogP contribution in [-0.4, -0.2) is 12.1 Å². The van der Waals surface area contributed by atoms with Crippen LogP contribution < -0.4 is 0 Å². The number of thiophene rings is 1. The highest BCUT2D eigenvalue weighted by atomic mass is 32.1. The van der Waals surface area contributed by atoms with Gasteiger partial charge in [0.25, 0.3) is 0 Å². The van der Waals surface area contributed by atoms with Crippen LogP contribution >= 0.6 is 11.3 Å². The Bertz CT molecular complexity index is 292. The molecular weight excluding hydrogens is 184 g/mol. The number of ether oxygens (including phenoxy) is 1. The molecule has 1 saturated carbocycles. The van der Waals surface area contributed by atoms with Gasteiger partial charge in [0.1, 0.15) is 11.0 Å². The lowest BCUT2D eigenvalue weighted by atomic mass is 9.83. The van der Waals surface area contributed by atoms with Gasteiger partial charge in [-0.15, -0.1) is 11.3 Å². The normalized spacial score (nSPS) is 26.5. The molecule has 1 unspecified atom stereocenters. The maximum absolute atomic E-state index is 11.4. The van der Waals surface area contributed by atoms with Gasteiger partial charge in [0.2, 0.25) is 0 Å². The Labute approximate surface area is 81.5 Å². The van der Waals surface area contributed by atoms with Crippen LogP contribution in [0.5, 0.6) is 0 Å². The number of hydrogen-bond donors (Lipinski definition) is 0. The fourth-order valence-electron chi connectivity index (χ4n) is 1.40. The van der Waals surface area contributed by atoms with Crippen LogP contribution in [0.15, 0.2) is 17.5 Å². The van der Waals surface area contributed by atoms with Crippen molar-refractivity contribution in [2.75, 3.05) is 0 Å². The highest BCUT2D eigenvalue weighted by molar-refractivity contribution is 7.11. The van der Waals surface area contributed by atoms with E-state index < -0.39 is 0 Å². The molecule has 70 valence electrons. The van der Waals surface area contributed by atoms with Crippen LogP contribution in [0.3, 0.4) is 0 Å². The first-order chi connectivity index (χ1) is 6.27. The van der Waals surface area contributed by atoms with E-state index in [1.165, 1.54) is 17.8 Å². The molecule has 1 aromatic heterocycles. The van der Waals surface area contributed by atoms with Crippen molar-refractivity contribution in [1.82, 2.24) is 0 Å². The Balaban J connectivity index is 1.92. The van der Waals surface area contributed by atoms with Crippen molar-refractivity contribution in [3.8, 4) is 0 Å². The van der Waals surface area contributed by atoms with Crippen molar-refractivity contribution >= 4 is 17.3 Å². The molecule has 0 spiro atoms. The molecule has 0 radical (unpaired) electrons. The molecule has 13 heavy (non-hydrogen) atoms. The molecule has 2 rings (SSSR count). The maximum Gasteiger partial charge on any atom is 0.348 e. The summed E-state index contributed by atoms with van der Waals surface area (Å²) >= 11 is 1.43. The van der Waals surface area contributed by atoms with Gasteiger partial charge in [-0.05, 0) is 30.2 Å². The van der Waals surface area contributed by atoms with Crippen molar-refractivity contribution in [3.63, 3.8) is 0 Å². The number of carbonyl (C=O) groups excluding carboxylic acids is 1. The summed E-state index contributed by atoms with van der Waals surface area (Å²) in [5, 5.41) is 1.89. The average molecular weight is 196 g/mol. The monoisotopic (exact) mass is 196 g/mol. The van der Waals surface area contributed by atoms with Crippen LogP contribution in [0.2, 0.25) is 0 Å². The van der Waals surface area contributed by atoms with Gasteiger partial charge in [-0.25, -0.2) is 4.79 Å². The summed E-state index contributed by atoms with van der Waals surface area (Å²) in [6.45, 7) is 2.12. The van der Waals surface area contributed by atoms with Gasteiger partial charge in [-0.1, -0.05) is 13.0 Å². The molecule has 1 aromatic rings. The SMILES string of the molecule is CC1CC[C@H]1OC(=O)c1cccs1. The van der Waals surface area contributed by atoms with E-state index in [4.69, 9.17) is 4.74 Å². The third kappa shape index (κ3) is 1.75. The van der Waals surface area contributed by atoms with Gasteiger partial charge in [0.15, 0.2) is 0 Å². The Morgan fingerprint density at radius 1 is 1.62 bits per heavy atom. The lowest BCUT2D eigenvalue weighted by Crippen LogP contribution is -2.33. The summed E-state index contributed by atoms with van der Waals surface area (Å²) in [4.78, 5) is 12.2. The fourth-order valence-corrected chi connectivity index (χ4v) is 2.01. The molecule has 0 saturated heterocycles. The molecule has 2 atom stereocenters. The Kier molecular flexibility index (Phi) is 2.36. The summed E-state index contributed by atoms with van der Waals surface area (Å²) < 4.78 is 5.31. The Morgan fingerprint density at radius 2 is 2.46 bits per heavy atom. The number of rotatable bonds is 2. The van der Waals surface area contributed by atoms with Crippen LogP contribution in [0.25, 0.3) is 0 Å². The van der Waals surface area contributed by atoms with E-state index in [1.54, 1.807) is 6.07 Å². The molecule has 0 aromatic carbocycles. The zero-order chi connectivity index (χ0) is 9.26. The van der Waals surface area contributed by atoms with E-state index >= 15 is 0 Å². The van der Waals surface area contributed by atoms with E-state index in [1.807, 2.05) is 11.4 Å². The molecule has 3 heteroatoms. The Hall–Kier alpha value is -0.830. The fraction of sp³-hybridized carbons (Fsp3) is 0.500.